The van der Waals surface area contributed by atoms with Crippen LogP contribution in [0.2, 0.25) is 0 Å². The smallest absolute Gasteiger partial charge is 0.339 e. The second-order valence-corrected chi connectivity index (χ2v) is 3.38. The largest absolute Gasteiger partial charge is 0.394 e. The van der Waals surface area contributed by atoms with Crippen molar-refractivity contribution < 1.29 is 17.5 Å². The van der Waals surface area contributed by atoms with E-state index in [4.69, 9.17) is 17.5 Å². The number of imidazole rings is 1. The van der Waals surface area contributed by atoms with E-state index in [1.807, 2.05) is 0 Å². The van der Waals surface area contributed by atoms with Crippen LogP contribution in [0.3, 0.4) is 0 Å². The molecule has 2 aromatic rings. The summed E-state index contributed by atoms with van der Waals surface area (Å²) in [5.74, 6) is 0. The predicted octanol–water partition coefficient (Wildman–Crippen LogP) is -1.71. The third-order valence-corrected chi connectivity index (χ3v) is 1.33. The fourth-order valence-corrected chi connectivity index (χ4v) is 0.867. The van der Waals surface area contributed by atoms with Gasteiger partial charge in [0.25, 0.3) is 5.56 Å². The number of fused-ring (bicyclic) bond motifs is 1. The van der Waals surface area contributed by atoms with Crippen LogP contribution < -0.4 is 11.2 Å². The van der Waals surface area contributed by atoms with Crippen LogP contribution in [0.15, 0.2) is 15.9 Å². The van der Waals surface area contributed by atoms with Gasteiger partial charge in [-0.25, -0.2) is 9.78 Å². The molecule has 0 unspecified atom stereocenters. The van der Waals surface area contributed by atoms with Crippen molar-refractivity contribution in [2.45, 2.75) is 0 Å². The molecular weight excluding hydrogens is 244 g/mol. The van der Waals surface area contributed by atoms with Crippen molar-refractivity contribution in [3.8, 4) is 0 Å². The summed E-state index contributed by atoms with van der Waals surface area (Å²) in [5.41, 5.74) is -0.445. The summed E-state index contributed by atoms with van der Waals surface area (Å²) in [6.07, 6.45) is 1.34. The number of nitrogens with zero attached hydrogens (tertiary/aromatic N) is 1. The van der Waals surface area contributed by atoms with Gasteiger partial charge in [-0.3, -0.25) is 23.9 Å². The summed E-state index contributed by atoms with van der Waals surface area (Å²) < 4.78 is 31.6. The standard InChI is InChI=1S/C5H4N4O2.H2O4S/c10-4-2-3(7-1-6-2)8-5(11)9-4;1-5(2,3)4/h1H,(H3,6,7,8,9,10,11);(H2,1,2,3,4). The Kier molecular flexibility index (Phi) is 3.22. The number of rotatable bonds is 0. The van der Waals surface area contributed by atoms with Gasteiger partial charge >= 0.3 is 16.1 Å². The van der Waals surface area contributed by atoms with Gasteiger partial charge in [-0.2, -0.15) is 8.42 Å². The molecule has 0 saturated heterocycles. The lowest BCUT2D eigenvalue weighted by Crippen LogP contribution is -2.21. The summed E-state index contributed by atoms with van der Waals surface area (Å²) >= 11 is 0. The molecule has 0 spiro atoms. The highest BCUT2D eigenvalue weighted by Crippen LogP contribution is 1.92. The Morgan fingerprint density at radius 1 is 1.19 bits per heavy atom. The van der Waals surface area contributed by atoms with Crippen LogP contribution in [0.5, 0.6) is 0 Å². The zero-order chi connectivity index (χ0) is 12.3. The lowest BCUT2D eigenvalue weighted by Gasteiger charge is -1.83. The van der Waals surface area contributed by atoms with Crippen molar-refractivity contribution in [1.29, 1.82) is 0 Å². The Morgan fingerprint density at radius 3 is 2.31 bits per heavy atom. The van der Waals surface area contributed by atoms with E-state index in [1.54, 1.807) is 0 Å². The van der Waals surface area contributed by atoms with Crippen LogP contribution in [0.25, 0.3) is 11.2 Å². The Labute approximate surface area is 86.9 Å². The van der Waals surface area contributed by atoms with E-state index in [0.717, 1.165) is 0 Å². The molecule has 10 nitrogen and oxygen atoms in total. The molecular formula is C5H6N4O6S. The van der Waals surface area contributed by atoms with Gasteiger partial charge in [-0.1, -0.05) is 0 Å². The van der Waals surface area contributed by atoms with Gasteiger partial charge in [0.05, 0.1) is 6.33 Å². The lowest BCUT2D eigenvalue weighted by molar-refractivity contribution is 0.381. The van der Waals surface area contributed by atoms with Gasteiger partial charge in [-0.15, -0.1) is 0 Å². The van der Waals surface area contributed by atoms with E-state index in [2.05, 4.69) is 19.9 Å². The van der Waals surface area contributed by atoms with Crippen molar-refractivity contribution in [2.75, 3.05) is 0 Å². The number of hydrogen-bond acceptors (Lipinski definition) is 5. The summed E-state index contributed by atoms with van der Waals surface area (Å²) in [4.78, 5) is 32.3. The van der Waals surface area contributed by atoms with Crippen LogP contribution in [-0.2, 0) is 10.4 Å². The first-order valence-electron chi connectivity index (χ1n) is 3.63. The summed E-state index contributed by atoms with van der Waals surface area (Å²) in [6.45, 7) is 0. The van der Waals surface area contributed by atoms with Gasteiger partial charge < -0.3 is 4.98 Å². The third-order valence-electron chi connectivity index (χ3n) is 1.33. The fourth-order valence-electron chi connectivity index (χ4n) is 0.867. The zero-order valence-corrected chi connectivity index (χ0v) is 8.28. The van der Waals surface area contributed by atoms with Gasteiger partial charge in [0.15, 0.2) is 5.65 Å². The minimum absolute atomic E-state index is 0.277. The van der Waals surface area contributed by atoms with E-state index >= 15 is 0 Å². The van der Waals surface area contributed by atoms with Crippen molar-refractivity contribution in [2.24, 2.45) is 0 Å². The van der Waals surface area contributed by atoms with Crippen molar-refractivity contribution in [3.05, 3.63) is 27.2 Å². The maximum absolute atomic E-state index is 10.9. The number of aromatic nitrogens is 4. The molecule has 0 amide bonds. The molecule has 0 fully saturated rings. The van der Waals surface area contributed by atoms with Crippen molar-refractivity contribution >= 4 is 21.6 Å². The fraction of sp³-hybridized carbons (Fsp3) is 0. The highest BCUT2D eigenvalue weighted by atomic mass is 32.3. The SMILES string of the molecule is O=S(=O)(O)O.O=c1[nH]c(=O)c2[nH]cnc2[nH]1. The molecule has 0 saturated carbocycles. The molecule has 0 atom stereocenters. The maximum atomic E-state index is 10.9. The minimum atomic E-state index is -4.67. The first kappa shape index (κ1) is 12.1. The van der Waals surface area contributed by atoms with Crippen LogP contribution in [0, 0.1) is 0 Å². The average molecular weight is 250 g/mol. The zero-order valence-electron chi connectivity index (χ0n) is 7.46. The second kappa shape index (κ2) is 4.26. The number of nitrogens with one attached hydrogen (secondary N) is 3. The first-order chi connectivity index (χ1) is 7.27. The quantitative estimate of drug-likeness (QED) is 0.346. The molecule has 0 radical (unpaired) electrons. The molecule has 88 valence electrons. The Morgan fingerprint density at radius 2 is 1.75 bits per heavy atom. The van der Waals surface area contributed by atoms with Gasteiger partial charge in [0, 0.05) is 0 Å². The van der Waals surface area contributed by atoms with Gasteiger partial charge in [-0.05, 0) is 0 Å². The highest BCUT2D eigenvalue weighted by molar-refractivity contribution is 7.79. The van der Waals surface area contributed by atoms with E-state index < -0.39 is 21.6 Å². The molecule has 0 aliphatic rings. The molecule has 0 aromatic carbocycles. The van der Waals surface area contributed by atoms with E-state index in [-0.39, 0.29) is 11.2 Å². The summed E-state index contributed by atoms with van der Waals surface area (Å²) in [5, 5.41) is 0. The average Bonchev–Trinajstić information content (AvgIpc) is 2.47. The summed E-state index contributed by atoms with van der Waals surface area (Å²) in [6, 6.07) is 0. The van der Waals surface area contributed by atoms with Gasteiger partial charge in [0.2, 0.25) is 0 Å². The van der Waals surface area contributed by atoms with Crippen LogP contribution in [0.4, 0.5) is 0 Å². The van der Waals surface area contributed by atoms with E-state index in [9.17, 15) is 9.59 Å². The topological polar surface area (TPSA) is 169 Å². The third kappa shape index (κ3) is 3.64. The Balaban J connectivity index is 0.000000221. The highest BCUT2D eigenvalue weighted by Gasteiger charge is 1.99. The first-order valence-corrected chi connectivity index (χ1v) is 5.02. The van der Waals surface area contributed by atoms with E-state index in [1.165, 1.54) is 6.33 Å². The van der Waals surface area contributed by atoms with Crippen LogP contribution >= 0.6 is 0 Å². The second-order valence-electron chi connectivity index (χ2n) is 2.48. The molecule has 2 rings (SSSR count). The predicted molar refractivity (Wildman–Crippen MR) is 51.5 cm³/mol. The lowest BCUT2D eigenvalue weighted by atomic mass is 10.5. The Bertz CT molecular complexity index is 685. The van der Waals surface area contributed by atoms with Crippen LogP contribution in [0.1, 0.15) is 0 Å². The van der Waals surface area contributed by atoms with Crippen molar-refractivity contribution in [3.63, 3.8) is 0 Å². The number of hydrogen-bond donors (Lipinski definition) is 5. The normalized spacial score (nSPS) is 10.9. The van der Waals surface area contributed by atoms with Crippen LogP contribution in [-0.4, -0.2) is 37.5 Å². The monoisotopic (exact) mass is 250 g/mol. The molecule has 0 aliphatic carbocycles. The van der Waals surface area contributed by atoms with Gasteiger partial charge in [0.1, 0.15) is 5.52 Å². The molecule has 0 bridgehead atoms. The molecule has 0 aliphatic heterocycles. The number of H-pyrrole nitrogens is 3. The molecule has 5 N–H and O–H groups in total. The van der Waals surface area contributed by atoms with Crippen molar-refractivity contribution in [1.82, 2.24) is 19.9 Å². The minimum Gasteiger partial charge on any atom is -0.339 e. The molecule has 16 heavy (non-hydrogen) atoms. The maximum Gasteiger partial charge on any atom is 0.394 e. The molecule has 2 aromatic heterocycles. The molecule has 11 heteroatoms. The Hall–Kier alpha value is -1.98. The summed E-state index contributed by atoms with van der Waals surface area (Å²) in [7, 11) is -4.67. The molecule has 2 heterocycles. The number of aromatic amines is 3. The van der Waals surface area contributed by atoms with E-state index in [0.29, 0.717) is 0 Å².